The summed E-state index contributed by atoms with van der Waals surface area (Å²) in [5.74, 6) is 0.812. The molecule has 0 aliphatic rings. The van der Waals surface area contributed by atoms with E-state index in [1.807, 2.05) is 13.8 Å². The third kappa shape index (κ3) is 3.74. The van der Waals surface area contributed by atoms with Crippen LogP contribution in [0.5, 0.6) is 0 Å². The Morgan fingerprint density at radius 1 is 1.25 bits per heavy atom. The van der Waals surface area contributed by atoms with Gasteiger partial charge in [0, 0.05) is 12.0 Å². The van der Waals surface area contributed by atoms with Crippen molar-refractivity contribution in [1.82, 2.24) is 5.32 Å². The number of carbonyl (C=O) groups is 1. The van der Waals surface area contributed by atoms with Gasteiger partial charge in [0.15, 0.2) is 0 Å². The number of nitrogens with one attached hydrogen (secondary N) is 1. The van der Waals surface area contributed by atoms with Crippen molar-refractivity contribution in [3.05, 3.63) is 0 Å². The summed E-state index contributed by atoms with van der Waals surface area (Å²) in [5, 5.41) is 2.99. The predicted octanol–water partition coefficient (Wildman–Crippen LogP) is 2.19. The first-order chi connectivity index (χ1) is 5.49. The molecule has 0 aromatic rings. The van der Waals surface area contributed by atoms with Crippen molar-refractivity contribution in [3.63, 3.8) is 0 Å². The number of amides is 1. The molecule has 0 saturated carbocycles. The first-order valence-corrected chi connectivity index (χ1v) is 4.79. The van der Waals surface area contributed by atoms with Crippen LogP contribution in [0.25, 0.3) is 0 Å². The van der Waals surface area contributed by atoms with E-state index >= 15 is 0 Å². The quantitative estimate of drug-likeness (QED) is 0.690. The van der Waals surface area contributed by atoms with Crippen LogP contribution in [-0.2, 0) is 4.79 Å². The fourth-order valence-corrected chi connectivity index (χ4v) is 0.887. The zero-order chi connectivity index (χ0) is 9.72. The van der Waals surface area contributed by atoms with Gasteiger partial charge in [-0.15, -0.1) is 0 Å². The Labute approximate surface area is 75.7 Å². The molecule has 0 saturated heterocycles. The molecule has 2 unspecified atom stereocenters. The van der Waals surface area contributed by atoms with Crippen molar-refractivity contribution in [1.29, 1.82) is 0 Å². The average molecular weight is 171 g/mol. The number of rotatable bonds is 4. The zero-order valence-corrected chi connectivity index (χ0v) is 8.85. The van der Waals surface area contributed by atoms with Crippen LogP contribution in [0.1, 0.15) is 41.0 Å². The Balaban J connectivity index is 3.83. The highest BCUT2D eigenvalue weighted by Gasteiger charge is 2.14. The molecule has 72 valence electrons. The molecule has 2 heteroatoms. The second kappa shape index (κ2) is 5.18. The Kier molecular flexibility index (Phi) is 4.95. The topological polar surface area (TPSA) is 29.1 Å². The second-order valence-corrected chi connectivity index (χ2v) is 3.84. The van der Waals surface area contributed by atoms with Gasteiger partial charge >= 0.3 is 0 Å². The van der Waals surface area contributed by atoms with Crippen LogP contribution in [0.3, 0.4) is 0 Å². The number of hydrogen-bond acceptors (Lipinski definition) is 1. The van der Waals surface area contributed by atoms with E-state index in [4.69, 9.17) is 0 Å². The maximum Gasteiger partial charge on any atom is 0.222 e. The van der Waals surface area contributed by atoms with Gasteiger partial charge in [0.05, 0.1) is 0 Å². The average Bonchev–Trinajstić information content (AvgIpc) is 2.02. The largest absolute Gasteiger partial charge is 0.353 e. The van der Waals surface area contributed by atoms with Crippen molar-refractivity contribution < 1.29 is 4.79 Å². The van der Waals surface area contributed by atoms with Crippen LogP contribution >= 0.6 is 0 Å². The summed E-state index contributed by atoms with van der Waals surface area (Å²) in [6, 6.07) is 0.296. The summed E-state index contributed by atoms with van der Waals surface area (Å²) in [6.07, 6.45) is 1.11. The second-order valence-electron chi connectivity index (χ2n) is 3.84. The lowest BCUT2D eigenvalue weighted by Gasteiger charge is -2.20. The van der Waals surface area contributed by atoms with Crippen LogP contribution in [0, 0.1) is 11.8 Å². The summed E-state index contributed by atoms with van der Waals surface area (Å²) >= 11 is 0. The normalized spacial score (nSPS) is 15.8. The Morgan fingerprint density at radius 3 is 2.08 bits per heavy atom. The van der Waals surface area contributed by atoms with Crippen molar-refractivity contribution in [3.8, 4) is 0 Å². The number of carbonyl (C=O) groups excluding carboxylic acids is 1. The third-order valence-electron chi connectivity index (χ3n) is 2.39. The molecule has 0 aliphatic heterocycles. The lowest BCUT2D eigenvalue weighted by atomic mass is 10.0. The van der Waals surface area contributed by atoms with Gasteiger partial charge < -0.3 is 5.32 Å². The predicted molar refractivity (Wildman–Crippen MR) is 51.9 cm³/mol. The molecule has 0 radical (unpaired) electrons. The first kappa shape index (κ1) is 11.5. The minimum Gasteiger partial charge on any atom is -0.353 e. The summed E-state index contributed by atoms with van der Waals surface area (Å²) in [5.41, 5.74) is 0. The van der Waals surface area contributed by atoms with Crippen LogP contribution in [0.15, 0.2) is 0 Å². The molecule has 1 N–H and O–H groups in total. The van der Waals surface area contributed by atoms with Crippen LogP contribution in [0.4, 0.5) is 0 Å². The third-order valence-corrected chi connectivity index (χ3v) is 2.39. The zero-order valence-electron chi connectivity index (χ0n) is 8.85. The molecule has 0 aromatic heterocycles. The molecule has 2 nitrogen and oxygen atoms in total. The van der Waals surface area contributed by atoms with E-state index in [0.717, 1.165) is 6.42 Å². The van der Waals surface area contributed by atoms with Crippen molar-refractivity contribution in [2.24, 2.45) is 11.8 Å². The van der Waals surface area contributed by atoms with E-state index in [0.29, 0.717) is 12.0 Å². The van der Waals surface area contributed by atoms with Gasteiger partial charge in [-0.2, -0.15) is 0 Å². The Bertz CT molecular complexity index is 143. The maximum atomic E-state index is 11.3. The molecule has 0 rings (SSSR count). The van der Waals surface area contributed by atoms with Crippen LogP contribution in [-0.4, -0.2) is 11.9 Å². The van der Waals surface area contributed by atoms with Crippen LogP contribution < -0.4 is 5.32 Å². The molecule has 0 aliphatic carbocycles. The molecular weight excluding hydrogens is 150 g/mol. The summed E-state index contributed by atoms with van der Waals surface area (Å²) < 4.78 is 0. The lowest BCUT2D eigenvalue weighted by Crippen LogP contribution is -2.39. The van der Waals surface area contributed by atoms with Crippen molar-refractivity contribution in [2.45, 2.75) is 47.1 Å². The Morgan fingerprint density at radius 2 is 1.75 bits per heavy atom. The molecule has 0 spiro atoms. The summed E-state index contributed by atoms with van der Waals surface area (Å²) in [4.78, 5) is 11.3. The lowest BCUT2D eigenvalue weighted by molar-refractivity contribution is -0.124. The van der Waals surface area contributed by atoms with E-state index in [-0.39, 0.29) is 11.8 Å². The van der Waals surface area contributed by atoms with Crippen molar-refractivity contribution in [2.75, 3.05) is 0 Å². The van der Waals surface area contributed by atoms with Gasteiger partial charge in [0.25, 0.3) is 0 Å². The Hall–Kier alpha value is -0.530. The van der Waals surface area contributed by atoms with E-state index in [2.05, 4.69) is 26.1 Å². The van der Waals surface area contributed by atoms with Gasteiger partial charge in [-0.3, -0.25) is 4.79 Å². The molecule has 0 bridgehead atoms. The van der Waals surface area contributed by atoms with Gasteiger partial charge in [-0.25, -0.2) is 0 Å². The summed E-state index contributed by atoms with van der Waals surface area (Å²) in [7, 11) is 0. The minimum absolute atomic E-state index is 0.0940. The van der Waals surface area contributed by atoms with E-state index in [1.54, 1.807) is 0 Å². The standard InChI is InChI=1S/C10H21NO/c1-6-8(4)9(5)11-10(12)7(2)3/h7-9H,6H2,1-5H3,(H,11,12). The van der Waals surface area contributed by atoms with Crippen LogP contribution in [0.2, 0.25) is 0 Å². The molecular formula is C10H21NO. The number of hydrogen-bond donors (Lipinski definition) is 1. The smallest absolute Gasteiger partial charge is 0.222 e. The van der Waals surface area contributed by atoms with Gasteiger partial charge in [0.1, 0.15) is 0 Å². The highest BCUT2D eigenvalue weighted by molar-refractivity contribution is 5.78. The van der Waals surface area contributed by atoms with Crippen molar-refractivity contribution >= 4 is 5.91 Å². The molecule has 1 amide bonds. The fourth-order valence-electron chi connectivity index (χ4n) is 0.887. The SMILES string of the molecule is CCC(C)C(C)NC(=O)C(C)C. The first-order valence-electron chi connectivity index (χ1n) is 4.79. The van der Waals surface area contributed by atoms with Gasteiger partial charge in [-0.1, -0.05) is 34.1 Å². The molecule has 0 heterocycles. The van der Waals surface area contributed by atoms with E-state index in [9.17, 15) is 4.79 Å². The molecule has 12 heavy (non-hydrogen) atoms. The minimum atomic E-state index is 0.0940. The van der Waals surface area contributed by atoms with Gasteiger partial charge in [0.2, 0.25) is 5.91 Å². The van der Waals surface area contributed by atoms with Gasteiger partial charge in [-0.05, 0) is 12.8 Å². The maximum absolute atomic E-state index is 11.3. The summed E-state index contributed by atoms with van der Waals surface area (Å²) in [6.45, 7) is 10.2. The molecule has 2 atom stereocenters. The highest BCUT2D eigenvalue weighted by Crippen LogP contribution is 2.07. The molecule has 0 aromatic carbocycles. The highest BCUT2D eigenvalue weighted by atomic mass is 16.1. The molecule has 0 fully saturated rings. The van der Waals surface area contributed by atoms with E-state index in [1.165, 1.54) is 0 Å². The fraction of sp³-hybridized carbons (Fsp3) is 0.900. The monoisotopic (exact) mass is 171 g/mol. The van der Waals surface area contributed by atoms with E-state index < -0.39 is 0 Å².